The number of urea groups is 1. The largest absolute Gasteiger partial charge is 0.325 e. The van der Waals surface area contributed by atoms with Crippen molar-refractivity contribution >= 4 is 22.7 Å². The summed E-state index contributed by atoms with van der Waals surface area (Å²) in [6.45, 7) is 0.341. The van der Waals surface area contributed by atoms with E-state index in [2.05, 4.69) is 5.32 Å². The van der Waals surface area contributed by atoms with Gasteiger partial charge in [-0.2, -0.15) is 0 Å². The number of hydrogen-bond donors (Lipinski definition) is 1. The SMILES string of the molecule is O=C1NC2(CCCC2)C(=O)N1Cc1cccc2ccccc12. The minimum atomic E-state index is -0.623. The first-order valence-electron chi connectivity index (χ1n) is 7.80. The molecule has 1 spiro atoms. The Morgan fingerprint density at radius 2 is 1.73 bits per heavy atom. The summed E-state index contributed by atoms with van der Waals surface area (Å²) in [5, 5.41) is 5.16. The average Bonchev–Trinajstić information content (AvgIpc) is 3.09. The maximum atomic E-state index is 12.7. The monoisotopic (exact) mass is 294 g/mol. The van der Waals surface area contributed by atoms with Gasteiger partial charge in [0.25, 0.3) is 5.91 Å². The fraction of sp³-hybridized carbons (Fsp3) is 0.333. The van der Waals surface area contributed by atoms with Gasteiger partial charge in [-0.15, -0.1) is 0 Å². The molecule has 3 amide bonds. The molecular weight excluding hydrogens is 276 g/mol. The first kappa shape index (κ1) is 13.3. The van der Waals surface area contributed by atoms with E-state index in [9.17, 15) is 9.59 Å². The van der Waals surface area contributed by atoms with Crippen LogP contribution >= 0.6 is 0 Å². The Morgan fingerprint density at radius 1 is 1.00 bits per heavy atom. The van der Waals surface area contributed by atoms with Crippen molar-refractivity contribution in [2.24, 2.45) is 0 Å². The average molecular weight is 294 g/mol. The highest BCUT2D eigenvalue weighted by Crippen LogP contribution is 2.36. The minimum absolute atomic E-state index is 0.0528. The molecule has 1 aliphatic carbocycles. The van der Waals surface area contributed by atoms with Crippen LogP contribution in [-0.4, -0.2) is 22.4 Å². The molecule has 1 heterocycles. The highest BCUT2D eigenvalue weighted by Gasteiger charge is 2.52. The third-order valence-corrected chi connectivity index (χ3v) is 4.91. The summed E-state index contributed by atoms with van der Waals surface area (Å²) in [4.78, 5) is 26.4. The molecule has 0 unspecified atom stereocenters. The van der Waals surface area contributed by atoms with Crippen LogP contribution in [0.2, 0.25) is 0 Å². The molecule has 2 aliphatic rings. The van der Waals surface area contributed by atoms with Crippen molar-refractivity contribution in [1.29, 1.82) is 0 Å². The summed E-state index contributed by atoms with van der Waals surface area (Å²) in [6.07, 6.45) is 3.55. The molecule has 0 atom stereocenters. The Labute approximate surface area is 129 Å². The summed E-state index contributed by atoms with van der Waals surface area (Å²) in [5.74, 6) is -0.0528. The van der Waals surface area contributed by atoms with Crippen LogP contribution in [-0.2, 0) is 11.3 Å². The summed E-state index contributed by atoms with van der Waals surface area (Å²) < 4.78 is 0. The number of benzene rings is 2. The second-order valence-corrected chi connectivity index (χ2v) is 6.25. The number of rotatable bonds is 2. The Hall–Kier alpha value is -2.36. The van der Waals surface area contributed by atoms with E-state index in [1.165, 1.54) is 4.90 Å². The maximum Gasteiger partial charge on any atom is 0.325 e. The topological polar surface area (TPSA) is 49.4 Å². The van der Waals surface area contributed by atoms with Gasteiger partial charge in [0.1, 0.15) is 5.54 Å². The maximum absolute atomic E-state index is 12.7. The van der Waals surface area contributed by atoms with E-state index in [0.29, 0.717) is 6.54 Å². The molecule has 4 rings (SSSR count). The van der Waals surface area contributed by atoms with Gasteiger partial charge < -0.3 is 5.32 Å². The van der Waals surface area contributed by atoms with Gasteiger partial charge in [-0.1, -0.05) is 55.3 Å². The van der Waals surface area contributed by atoms with Crippen molar-refractivity contribution in [1.82, 2.24) is 10.2 Å². The first-order valence-corrected chi connectivity index (χ1v) is 7.80. The lowest BCUT2D eigenvalue weighted by atomic mass is 9.97. The fourth-order valence-corrected chi connectivity index (χ4v) is 3.74. The first-order chi connectivity index (χ1) is 10.7. The number of fused-ring (bicyclic) bond motifs is 1. The summed E-state index contributed by atoms with van der Waals surface area (Å²) in [5.41, 5.74) is 0.387. The number of carbonyl (C=O) groups excluding carboxylic acids is 2. The molecule has 1 saturated heterocycles. The molecule has 22 heavy (non-hydrogen) atoms. The summed E-state index contributed by atoms with van der Waals surface area (Å²) in [7, 11) is 0. The number of amides is 3. The van der Waals surface area contributed by atoms with Crippen molar-refractivity contribution in [2.75, 3.05) is 0 Å². The molecule has 4 nitrogen and oxygen atoms in total. The van der Waals surface area contributed by atoms with Crippen molar-refractivity contribution in [2.45, 2.75) is 37.8 Å². The number of nitrogens with one attached hydrogen (secondary N) is 1. The Morgan fingerprint density at radius 3 is 2.55 bits per heavy atom. The van der Waals surface area contributed by atoms with Crippen LogP contribution in [0.15, 0.2) is 42.5 Å². The smallest absolute Gasteiger partial charge is 0.323 e. The zero-order chi connectivity index (χ0) is 15.2. The van der Waals surface area contributed by atoms with Crippen molar-refractivity contribution in [3.05, 3.63) is 48.0 Å². The zero-order valence-electron chi connectivity index (χ0n) is 12.3. The van der Waals surface area contributed by atoms with E-state index in [4.69, 9.17) is 0 Å². The van der Waals surface area contributed by atoms with E-state index < -0.39 is 5.54 Å². The molecule has 2 fully saturated rings. The Bertz CT molecular complexity index is 757. The molecule has 4 heteroatoms. The Balaban J connectivity index is 1.68. The predicted molar refractivity (Wildman–Crippen MR) is 84.2 cm³/mol. The third-order valence-electron chi connectivity index (χ3n) is 4.91. The van der Waals surface area contributed by atoms with Crippen LogP contribution in [0.5, 0.6) is 0 Å². The second kappa shape index (κ2) is 4.83. The molecule has 2 aromatic rings. The van der Waals surface area contributed by atoms with Gasteiger partial charge in [0, 0.05) is 0 Å². The van der Waals surface area contributed by atoms with Gasteiger partial charge in [-0.3, -0.25) is 9.69 Å². The van der Waals surface area contributed by atoms with Gasteiger partial charge in [0.2, 0.25) is 0 Å². The highest BCUT2D eigenvalue weighted by molar-refractivity contribution is 6.07. The number of hydrogen-bond acceptors (Lipinski definition) is 2. The number of nitrogens with zero attached hydrogens (tertiary/aromatic N) is 1. The van der Waals surface area contributed by atoms with Crippen LogP contribution in [0.3, 0.4) is 0 Å². The fourth-order valence-electron chi connectivity index (χ4n) is 3.74. The van der Waals surface area contributed by atoms with Crippen molar-refractivity contribution in [3.63, 3.8) is 0 Å². The van der Waals surface area contributed by atoms with Crippen LogP contribution in [0.4, 0.5) is 4.79 Å². The lowest BCUT2D eigenvalue weighted by Gasteiger charge is -2.20. The standard InChI is InChI=1S/C18H18N2O2/c21-16-18(10-3-4-11-18)19-17(22)20(16)12-14-8-5-7-13-6-1-2-9-15(13)14/h1-2,5-9H,3-4,10-12H2,(H,19,22). The number of carbonyl (C=O) groups is 2. The minimum Gasteiger partial charge on any atom is -0.323 e. The molecule has 1 aliphatic heterocycles. The van der Waals surface area contributed by atoms with Crippen molar-refractivity contribution < 1.29 is 9.59 Å². The highest BCUT2D eigenvalue weighted by atomic mass is 16.2. The number of imide groups is 1. The molecule has 0 radical (unpaired) electrons. The molecular formula is C18H18N2O2. The van der Waals surface area contributed by atoms with Gasteiger partial charge in [0.05, 0.1) is 6.54 Å². The molecule has 0 bridgehead atoms. The quantitative estimate of drug-likeness (QED) is 0.865. The lowest BCUT2D eigenvalue weighted by molar-refractivity contribution is -0.131. The zero-order valence-corrected chi connectivity index (χ0v) is 12.3. The van der Waals surface area contributed by atoms with Crippen LogP contribution in [0.1, 0.15) is 31.2 Å². The van der Waals surface area contributed by atoms with Gasteiger partial charge in [0.15, 0.2) is 0 Å². The van der Waals surface area contributed by atoms with Crippen LogP contribution in [0, 0.1) is 0 Å². The van der Waals surface area contributed by atoms with Crippen LogP contribution in [0.25, 0.3) is 10.8 Å². The Kier molecular flexibility index (Phi) is 2.93. The van der Waals surface area contributed by atoms with Crippen molar-refractivity contribution in [3.8, 4) is 0 Å². The molecule has 1 N–H and O–H groups in total. The van der Waals surface area contributed by atoms with E-state index in [1.54, 1.807) is 0 Å². The van der Waals surface area contributed by atoms with E-state index >= 15 is 0 Å². The third kappa shape index (κ3) is 1.90. The van der Waals surface area contributed by atoms with Crippen LogP contribution < -0.4 is 5.32 Å². The predicted octanol–water partition coefficient (Wildman–Crippen LogP) is 3.20. The van der Waals surface area contributed by atoms with Gasteiger partial charge in [-0.25, -0.2) is 4.79 Å². The van der Waals surface area contributed by atoms with Gasteiger partial charge >= 0.3 is 6.03 Å². The molecule has 1 saturated carbocycles. The summed E-state index contributed by atoms with van der Waals surface area (Å²) in [6, 6.07) is 13.8. The van der Waals surface area contributed by atoms with Gasteiger partial charge in [-0.05, 0) is 29.2 Å². The molecule has 112 valence electrons. The lowest BCUT2D eigenvalue weighted by Crippen LogP contribution is -2.44. The normalized spacial score (nSPS) is 20.1. The second-order valence-electron chi connectivity index (χ2n) is 6.25. The van der Waals surface area contributed by atoms with E-state index in [0.717, 1.165) is 42.0 Å². The molecule has 2 aromatic carbocycles. The summed E-state index contributed by atoms with van der Waals surface area (Å²) >= 11 is 0. The molecule has 0 aromatic heterocycles. The van der Waals surface area contributed by atoms with E-state index in [1.807, 2.05) is 42.5 Å². The van der Waals surface area contributed by atoms with E-state index in [-0.39, 0.29) is 11.9 Å².